The molecular weight excluding hydrogens is 414 g/mol. The predicted molar refractivity (Wildman–Crippen MR) is 128 cm³/mol. The third-order valence-corrected chi connectivity index (χ3v) is 7.59. The van der Waals surface area contributed by atoms with Crippen LogP contribution in [0.2, 0.25) is 0 Å². The van der Waals surface area contributed by atoms with E-state index < -0.39 is 0 Å². The molecule has 0 amide bonds. The SMILES string of the molecule is Cc1cc(O)cc2c(CN3CCC4(CC3)CC(c3ccc(CO)cc3)=NO4)cn(C3CC3)c12. The Hall–Kier alpha value is -2.83. The van der Waals surface area contributed by atoms with Crippen LogP contribution in [-0.2, 0) is 18.0 Å². The number of aromatic nitrogens is 1. The van der Waals surface area contributed by atoms with Crippen molar-refractivity contribution < 1.29 is 15.1 Å². The van der Waals surface area contributed by atoms with Gasteiger partial charge in [-0.15, -0.1) is 0 Å². The standard InChI is InChI=1S/C27H31N3O3/c1-18-12-23(32)13-24-21(16-30(26(18)24)22-6-7-22)15-29-10-8-27(9-11-29)14-25(28-33-27)20-4-2-19(17-31)3-5-20/h2-5,12-13,16,22,31-32H,6-11,14-15,17H2,1H3. The molecule has 1 aliphatic carbocycles. The van der Waals surface area contributed by atoms with E-state index in [1.54, 1.807) is 0 Å². The van der Waals surface area contributed by atoms with Gasteiger partial charge in [-0.1, -0.05) is 29.4 Å². The number of aliphatic hydroxyl groups is 1. The summed E-state index contributed by atoms with van der Waals surface area (Å²) in [6.45, 7) is 5.00. The average molecular weight is 446 g/mol. The third kappa shape index (κ3) is 3.81. The van der Waals surface area contributed by atoms with Crippen molar-refractivity contribution in [2.75, 3.05) is 13.1 Å². The van der Waals surface area contributed by atoms with E-state index in [0.29, 0.717) is 11.8 Å². The van der Waals surface area contributed by atoms with Gasteiger partial charge in [0, 0.05) is 56.5 Å². The summed E-state index contributed by atoms with van der Waals surface area (Å²) >= 11 is 0. The first-order valence-electron chi connectivity index (χ1n) is 12.0. The number of hydrogen-bond acceptors (Lipinski definition) is 5. The maximum absolute atomic E-state index is 10.2. The van der Waals surface area contributed by atoms with Gasteiger partial charge in [-0.05, 0) is 54.2 Å². The predicted octanol–water partition coefficient (Wildman–Crippen LogP) is 4.64. The Morgan fingerprint density at radius 1 is 1.12 bits per heavy atom. The molecule has 6 heteroatoms. The normalized spacial score (nSPS) is 20.4. The van der Waals surface area contributed by atoms with Gasteiger partial charge in [-0.25, -0.2) is 0 Å². The summed E-state index contributed by atoms with van der Waals surface area (Å²) in [5, 5.41) is 25.1. The molecule has 1 saturated heterocycles. The number of aliphatic hydroxyl groups excluding tert-OH is 1. The minimum Gasteiger partial charge on any atom is -0.508 e. The Labute approximate surface area is 194 Å². The van der Waals surface area contributed by atoms with Gasteiger partial charge in [0.05, 0.1) is 17.8 Å². The zero-order valence-electron chi connectivity index (χ0n) is 19.1. The quantitative estimate of drug-likeness (QED) is 0.600. The lowest BCUT2D eigenvalue weighted by Crippen LogP contribution is -2.44. The summed E-state index contributed by atoms with van der Waals surface area (Å²) in [5.41, 5.74) is 6.53. The van der Waals surface area contributed by atoms with E-state index in [1.807, 2.05) is 36.4 Å². The molecule has 0 atom stereocenters. The highest BCUT2D eigenvalue weighted by Gasteiger charge is 2.42. The second-order valence-corrected chi connectivity index (χ2v) is 10.1. The van der Waals surface area contributed by atoms with Crippen LogP contribution in [0.3, 0.4) is 0 Å². The van der Waals surface area contributed by atoms with E-state index in [4.69, 9.17) is 4.84 Å². The lowest BCUT2D eigenvalue weighted by atomic mass is 9.85. The van der Waals surface area contributed by atoms with Crippen LogP contribution in [0, 0.1) is 6.92 Å². The minimum absolute atomic E-state index is 0.0571. The Kier molecular flexibility index (Phi) is 4.96. The van der Waals surface area contributed by atoms with Crippen molar-refractivity contribution in [1.82, 2.24) is 9.47 Å². The molecule has 1 saturated carbocycles. The van der Waals surface area contributed by atoms with Gasteiger partial charge >= 0.3 is 0 Å². The van der Waals surface area contributed by atoms with Gasteiger partial charge in [-0.3, -0.25) is 4.90 Å². The van der Waals surface area contributed by atoms with Crippen molar-refractivity contribution in [2.24, 2.45) is 5.16 Å². The lowest BCUT2D eigenvalue weighted by Gasteiger charge is -2.37. The molecule has 0 radical (unpaired) electrons. The van der Waals surface area contributed by atoms with Crippen molar-refractivity contribution in [3.63, 3.8) is 0 Å². The third-order valence-electron chi connectivity index (χ3n) is 7.59. The number of fused-ring (bicyclic) bond motifs is 1. The Balaban J connectivity index is 1.15. The first-order chi connectivity index (χ1) is 16.0. The first kappa shape index (κ1) is 20.8. The molecule has 2 fully saturated rings. The van der Waals surface area contributed by atoms with Gasteiger partial charge in [0.2, 0.25) is 0 Å². The van der Waals surface area contributed by atoms with E-state index in [2.05, 4.69) is 27.7 Å². The zero-order valence-corrected chi connectivity index (χ0v) is 19.1. The summed E-state index contributed by atoms with van der Waals surface area (Å²) in [6.07, 6.45) is 7.58. The van der Waals surface area contributed by atoms with Crippen molar-refractivity contribution in [3.8, 4) is 5.75 Å². The van der Waals surface area contributed by atoms with Crippen LogP contribution in [0.5, 0.6) is 5.75 Å². The van der Waals surface area contributed by atoms with Crippen molar-refractivity contribution in [3.05, 3.63) is 64.8 Å². The Bertz CT molecular complexity index is 1220. The first-order valence-corrected chi connectivity index (χ1v) is 12.0. The number of aromatic hydroxyl groups is 1. The van der Waals surface area contributed by atoms with Crippen LogP contribution in [0.25, 0.3) is 10.9 Å². The number of phenolic OH excluding ortho intramolecular Hbond substituents is 1. The molecule has 1 aromatic heterocycles. The number of hydrogen-bond donors (Lipinski definition) is 2. The number of piperidine rings is 1. The fraction of sp³-hybridized carbons (Fsp3) is 0.444. The number of oxime groups is 1. The summed E-state index contributed by atoms with van der Waals surface area (Å²) in [7, 11) is 0. The molecule has 3 aromatic rings. The summed E-state index contributed by atoms with van der Waals surface area (Å²) < 4.78 is 2.44. The number of phenols is 1. The second-order valence-electron chi connectivity index (χ2n) is 10.1. The van der Waals surface area contributed by atoms with Gasteiger partial charge < -0.3 is 19.6 Å². The van der Waals surface area contributed by atoms with E-state index in [9.17, 15) is 10.2 Å². The molecule has 2 aliphatic heterocycles. The van der Waals surface area contributed by atoms with Crippen LogP contribution < -0.4 is 0 Å². The highest BCUT2D eigenvalue weighted by Crippen LogP contribution is 2.42. The molecule has 3 aliphatic rings. The maximum Gasteiger partial charge on any atom is 0.145 e. The van der Waals surface area contributed by atoms with E-state index in [1.165, 1.54) is 29.3 Å². The molecule has 1 spiro atoms. The molecular formula is C27H31N3O3. The van der Waals surface area contributed by atoms with Crippen LogP contribution in [-0.4, -0.2) is 44.1 Å². The summed E-state index contributed by atoms with van der Waals surface area (Å²) in [6, 6.07) is 12.4. The van der Waals surface area contributed by atoms with Gasteiger partial charge in [0.1, 0.15) is 11.4 Å². The molecule has 33 heavy (non-hydrogen) atoms. The monoisotopic (exact) mass is 445 g/mol. The van der Waals surface area contributed by atoms with Crippen molar-refractivity contribution in [2.45, 2.75) is 63.8 Å². The van der Waals surface area contributed by atoms with Crippen molar-refractivity contribution in [1.29, 1.82) is 0 Å². The minimum atomic E-state index is -0.196. The van der Waals surface area contributed by atoms with Gasteiger partial charge in [0.25, 0.3) is 0 Å². The van der Waals surface area contributed by atoms with E-state index >= 15 is 0 Å². The number of likely N-dealkylation sites (tertiary alicyclic amines) is 1. The van der Waals surface area contributed by atoms with Crippen LogP contribution in [0.4, 0.5) is 0 Å². The summed E-state index contributed by atoms with van der Waals surface area (Å²) in [4.78, 5) is 8.53. The second kappa shape index (κ2) is 7.89. The topological polar surface area (TPSA) is 70.2 Å². The van der Waals surface area contributed by atoms with Gasteiger partial charge in [0.15, 0.2) is 0 Å². The van der Waals surface area contributed by atoms with Crippen LogP contribution in [0.1, 0.15) is 60.4 Å². The number of benzene rings is 2. The molecule has 6 rings (SSSR count). The van der Waals surface area contributed by atoms with Crippen molar-refractivity contribution >= 4 is 16.6 Å². The molecule has 172 valence electrons. The van der Waals surface area contributed by atoms with E-state index in [-0.39, 0.29) is 12.2 Å². The number of rotatable bonds is 5. The van der Waals surface area contributed by atoms with Crippen LogP contribution >= 0.6 is 0 Å². The van der Waals surface area contributed by atoms with Crippen LogP contribution in [0.15, 0.2) is 47.8 Å². The van der Waals surface area contributed by atoms with E-state index in [0.717, 1.165) is 61.3 Å². The maximum atomic E-state index is 10.2. The summed E-state index contributed by atoms with van der Waals surface area (Å²) in [5.74, 6) is 0.350. The average Bonchev–Trinajstić information content (AvgIpc) is 3.49. The number of aryl methyl sites for hydroxylation is 1. The largest absolute Gasteiger partial charge is 0.508 e. The van der Waals surface area contributed by atoms with Gasteiger partial charge in [-0.2, -0.15) is 0 Å². The number of nitrogens with zero attached hydrogens (tertiary/aromatic N) is 3. The highest BCUT2D eigenvalue weighted by molar-refractivity contribution is 6.01. The molecule has 6 nitrogen and oxygen atoms in total. The molecule has 3 heterocycles. The zero-order chi connectivity index (χ0) is 22.6. The highest BCUT2D eigenvalue weighted by atomic mass is 16.7. The fourth-order valence-electron chi connectivity index (χ4n) is 5.52. The molecule has 2 aromatic carbocycles. The fourth-order valence-corrected chi connectivity index (χ4v) is 5.52. The molecule has 0 unspecified atom stereocenters. The smallest absolute Gasteiger partial charge is 0.145 e. The molecule has 2 N–H and O–H groups in total. The Morgan fingerprint density at radius 2 is 1.88 bits per heavy atom. The molecule has 0 bridgehead atoms. The Morgan fingerprint density at radius 3 is 2.58 bits per heavy atom. The lowest BCUT2D eigenvalue weighted by molar-refractivity contribution is -0.0626.